The van der Waals surface area contributed by atoms with Crippen molar-refractivity contribution in [2.75, 3.05) is 6.61 Å². The molecular weight excluding hydrogens is 192 g/mol. The summed E-state index contributed by atoms with van der Waals surface area (Å²) in [6, 6.07) is 0. The Morgan fingerprint density at radius 2 is 2.33 bits per heavy atom. The molecule has 0 N–H and O–H groups in total. The molecule has 0 radical (unpaired) electrons. The molecule has 0 fully saturated rings. The zero-order valence-corrected chi connectivity index (χ0v) is 9.14. The summed E-state index contributed by atoms with van der Waals surface area (Å²) in [5.41, 5.74) is 0.451. The van der Waals surface area contributed by atoms with E-state index in [4.69, 9.17) is 0 Å². The van der Waals surface area contributed by atoms with Gasteiger partial charge in [0.05, 0.1) is 12.9 Å². The number of carbonyl (C=O) groups excluding carboxylic acids is 1. The number of carbonyl (C=O) groups is 1. The maximum Gasteiger partial charge on any atom is 0.333 e. The highest BCUT2D eigenvalue weighted by molar-refractivity contribution is 5.86. The maximum atomic E-state index is 10.4. The van der Waals surface area contributed by atoms with E-state index in [1.807, 2.05) is 6.20 Å². The van der Waals surface area contributed by atoms with Gasteiger partial charge >= 0.3 is 5.97 Å². The summed E-state index contributed by atoms with van der Waals surface area (Å²) in [6.07, 6.45) is 6.91. The largest absolute Gasteiger partial charge is 0.463 e. The number of ether oxygens (including phenoxy) is 1. The first kappa shape index (κ1) is 13.2. The third-order valence-corrected chi connectivity index (χ3v) is 1.36. The minimum atomic E-state index is -0.312. The summed E-state index contributed by atoms with van der Waals surface area (Å²) in [6.45, 7) is 10.7. The minimum absolute atomic E-state index is 0.312. The molecule has 0 amide bonds. The SMILES string of the molecule is C=C(C)C(=O)OCC.C=Cn1ccnc1. The fraction of sp³-hybridized carbons (Fsp3) is 0.273. The number of imidazole rings is 1. The molecule has 1 heterocycles. The van der Waals surface area contributed by atoms with Crippen molar-refractivity contribution < 1.29 is 9.53 Å². The molecule has 0 aliphatic rings. The Balaban J connectivity index is 0.000000262. The molecule has 0 aliphatic carbocycles. The van der Waals surface area contributed by atoms with Crippen LogP contribution < -0.4 is 0 Å². The molecule has 0 aromatic carbocycles. The summed E-state index contributed by atoms with van der Waals surface area (Å²) >= 11 is 0. The van der Waals surface area contributed by atoms with Crippen molar-refractivity contribution >= 4 is 12.2 Å². The highest BCUT2D eigenvalue weighted by Crippen LogP contribution is 1.89. The molecule has 0 bridgehead atoms. The van der Waals surface area contributed by atoms with E-state index in [-0.39, 0.29) is 5.97 Å². The molecule has 0 saturated heterocycles. The van der Waals surface area contributed by atoms with E-state index < -0.39 is 0 Å². The van der Waals surface area contributed by atoms with Crippen molar-refractivity contribution in [1.82, 2.24) is 9.55 Å². The van der Waals surface area contributed by atoms with Crippen LogP contribution in [0.15, 0.2) is 37.5 Å². The van der Waals surface area contributed by atoms with E-state index in [1.54, 1.807) is 37.1 Å². The lowest BCUT2D eigenvalue weighted by atomic mass is 10.4. The molecule has 1 rings (SSSR count). The zero-order chi connectivity index (χ0) is 11.7. The third-order valence-electron chi connectivity index (χ3n) is 1.36. The van der Waals surface area contributed by atoms with Crippen molar-refractivity contribution in [3.63, 3.8) is 0 Å². The second kappa shape index (κ2) is 7.55. The Labute approximate surface area is 89.9 Å². The van der Waals surface area contributed by atoms with Crippen molar-refractivity contribution in [1.29, 1.82) is 0 Å². The van der Waals surface area contributed by atoms with Crippen molar-refractivity contribution in [3.8, 4) is 0 Å². The number of esters is 1. The number of rotatable bonds is 3. The quantitative estimate of drug-likeness (QED) is 0.564. The lowest BCUT2D eigenvalue weighted by Crippen LogP contribution is -2.03. The van der Waals surface area contributed by atoms with Crippen LogP contribution in [0.2, 0.25) is 0 Å². The molecule has 0 spiro atoms. The number of hydrogen-bond donors (Lipinski definition) is 0. The molecule has 0 saturated carbocycles. The first-order valence-electron chi connectivity index (χ1n) is 4.54. The molecule has 1 aromatic heterocycles. The van der Waals surface area contributed by atoms with E-state index in [0.29, 0.717) is 12.2 Å². The van der Waals surface area contributed by atoms with Gasteiger partial charge < -0.3 is 9.30 Å². The Hall–Kier alpha value is -1.84. The summed E-state index contributed by atoms with van der Waals surface area (Å²) in [5, 5.41) is 0. The molecule has 82 valence electrons. The molecule has 4 heteroatoms. The highest BCUT2D eigenvalue weighted by atomic mass is 16.5. The molecule has 0 unspecified atom stereocenters. The minimum Gasteiger partial charge on any atom is -0.463 e. The number of hydrogen-bond acceptors (Lipinski definition) is 3. The van der Waals surface area contributed by atoms with Gasteiger partial charge in [-0.15, -0.1) is 0 Å². The molecule has 4 nitrogen and oxygen atoms in total. The van der Waals surface area contributed by atoms with Gasteiger partial charge in [0.15, 0.2) is 0 Å². The second-order valence-corrected chi connectivity index (χ2v) is 2.69. The molecule has 0 aliphatic heterocycles. The Morgan fingerprint density at radius 1 is 1.67 bits per heavy atom. The van der Waals surface area contributed by atoms with Crippen LogP contribution in [-0.4, -0.2) is 22.1 Å². The van der Waals surface area contributed by atoms with Gasteiger partial charge in [0, 0.05) is 24.2 Å². The highest BCUT2D eigenvalue weighted by Gasteiger charge is 1.98. The second-order valence-electron chi connectivity index (χ2n) is 2.69. The monoisotopic (exact) mass is 208 g/mol. The Kier molecular flexibility index (Phi) is 6.63. The smallest absolute Gasteiger partial charge is 0.333 e. The van der Waals surface area contributed by atoms with Gasteiger partial charge in [0.1, 0.15) is 0 Å². The first-order chi connectivity index (χ1) is 7.11. The average Bonchev–Trinajstić information content (AvgIpc) is 2.71. The van der Waals surface area contributed by atoms with E-state index in [9.17, 15) is 4.79 Å². The summed E-state index contributed by atoms with van der Waals surface area (Å²) in [7, 11) is 0. The van der Waals surface area contributed by atoms with Crippen LogP contribution in [0.4, 0.5) is 0 Å². The Bertz CT molecular complexity index is 315. The maximum absolute atomic E-state index is 10.4. The van der Waals surface area contributed by atoms with Crippen LogP contribution in [-0.2, 0) is 9.53 Å². The molecule has 0 atom stereocenters. The van der Waals surface area contributed by atoms with Crippen LogP contribution >= 0.6 is 0 Å². The fourth-order valence-corrected chi connectivity index (χ4v) is 0.632. The van der Waals surface area contributed by atoms with Crippen LogP contribution in [0.5, 0.6) is 0 Å². The van der Waals surface area contributed by atoms with Crippen molar-refractivity contribution in [3.05, 3.63) is 37.5 Å². The Morgan fingerprint density at radius 3 is 2.53 bits per heavy atom. The summed E-state index contributed by atoms with van der Waals surface area (Å²) in [4.78, 5) is 14.2. The molecule has 15 heavy (non-hydrogen) atoms. The summed E-state index contributed by atoms with van der Waals surface area (Å²) in [5.74, 6) is -0.312. The molecular formula is C11H16N2O2. The zero-order valence-electron chi connectivity index (χ0n) is 9.14. The van der Waals surface area contributed by atoms with E-state index in [1.165, 1.54) is 0 Å². The van der Waals surface area contributed by atoms with Crippen molar-refractivity contribution in [2.24, 2.45) is 0 Å². The number of aromatic nitrogens is 2. The van der Waals surface area contributed by atoms with Crippen LogP contribution in [0, 0.1) is 0 Å². The van der Waals surface area contributed by atoms with Gasteiger partial charge in [0.25, 0.3) is 0 Å². The van der Waals surface area contributed by atoms with Gasteiger partial charge in [-0.25, -0.2) is 9.78 Å². The fourth-order valence-electron chi connectivity index (χ4n) is 0.632. The lowest BCUT2D eigenvalue weighted by Gasteiger charge is -1.96. The van der Waals surface area contributed by atoms with Crippen LogP contribution in [0.25, 0.3) is 6.20 Å². The number of nitrogens with zero attached hydrogens (tertiary/aromatic N) is 2. The van der Waals surface area contributed by atoms with Crippen LogP contribution in [0.1, 0.15) is 13.8 Å². The van der Waals surface area contributed by atoms with E-state index in [0.717, 1.165) is 0 Å². The lowest BCUT2D eigenvalue weighted by molar-refractivity contribution is -0.138. The third kappa shape index (κ3) is 6.26. The van der Waals surface area contributed by atoms with Gasteiger partial charge in [-0.2, -0.15) is 0 Å². The van der Waals surface area contributed by atoms with E-state index >= 15 is 0 Å². The summed E-state index contributed by atoms with van der Waals surface area (Å²) < 4.78 is 6.34. The van der Waals surface area contributed by atoms with E-state index in [2.05, 4.69) is 22.9 Å². The predicted octanol–water partition coefficient (Wildman–Crippen LogP) is 2.11. The predicted molar refractivity (Wildman–Crippen MR) is 60.1 cm³/mol. The standard InChI is InChI=1S/C6H10O2.C5H6N2/c1-4-8-6(7)5(2)3;1-2-7-4-3-6-5-7/h2,4H2,1,3H3;2-5H,1H2. The average molecular weight is 208 g/mol. The van der Waals surface area contributed by atoms with Gasteiger partial charge in [0.2, 0.25) is 0 Å². The topological polar surface area (TPSA) is 44.1 Å². The van der Waals surface area contributed by atoms with Gasteiger partial charge in [-0.3, -0.25) is 0 Å². The van der Waals surface area contributed by atoms with Crippen LogP contribution in [0.3, 0.4) is 0 Å². The molecule has 1 aromatic rings. The van der Waals surface area contributed by atoms with Crippen molar-refractivity contribution in [2.45, 2.75) is 13.8 Å². The first-order valence-corrected chi connectivity index (χ1v) is 4.54. The van der Waals surface area contributed by atoms with Gasteiger partial charge in [-0.1, -0.05) is 13.2 Å². The van der Waals surface area contributed by atoms with Gasteiger partial charge in [-0.05, 0) is 13.8 Å². The normalized spacial score (nSPS) is 8.40.